The summed E-state index contributed by atoms with van der Waals surface area (Å²) in [7, 11) is 0. The molecule has 1 aliphatic rings. The van der Waals surface area contributed by atoms with E-state index in [0.717, 1.165) is 6.54 Å². The molecule has 0 unspecified atom stereocenters. The highest BCUT2D eigenvalue weighted by Crippen LogP contribution is 2.27. The average molecular weight is 216 g/mol. The van der Waals surface area contributed by atoms with E-state index in [1.165, 1.54) is 12.8 Å². The van der Waals surface area contributed by atoms with Gasteiger partial charge in [-0.1, -0.05) is 0 Å². The number of fused-ring (bicyclic) bond motifs is 1. The van der Waals surface area contributed by atoms with Crippen LogP contribution in [0.3, 0.4) is 0 Å². The summed E-state index contributed by atoms with van der Waals surface area (Å²) in [5.74, 6) is 0.610. The van der Waals surface area contributed by atoms with E-state index >= 15 is 0 Å². The molecule has 0 aliphatic heterocycles. The Kier molecular flexibility index (Phi) is 2.09. The van der Waals surface area contributed by atoms with Crippen molar-refractivity contribution in [3.8, 4) is 0 Å². The summed E-state index contributed by atoms with van der Waals surface area (Å²) in [6.07, 6.45) is 7.31. The van der Waals surface area contributed by atoms with Gasteiger partial charge in [0.25, 0.3) is 5.91 Å². The van der Waals surface area contributed by atoms with Crippen LogP contribution in [-0.2, 0) is 0 Å². The summed E-state index contributed by atoms with van der Waals surface area (Å²) in [5, 5.41) is 2.91. The Hall–Kier alpha value is -1.91. The quantitative estimate of drug-likeness (QED) is 0.807. The van der Waals surface area contributed by atoms with Crippen molar-refractivity contribution in [2.45, 2.75) is 12.8 Å². The van der Waals surface area contributed by atoms with Gasteiger partial charge in [-0.05, 0) is 18.8 Å². The third-order valence-corrected chi connectivity index (χ3v) is 2.80. The van der Waals surface area contributed by atoms with Gasteiger partial charge in [-0.25, -0.2) is 4.98 Å². The van der Waals surface area contributed by atoms with Gasteiger partial charge in [0.15, 0.2) is 5.65 Å². The zero-order valence-corrected chi connectivity index (χ0v) is 8.73. The number of aromatic amines is 1. The molecule has 1 saturated carbocycles. The van der Waals surface area contributed by atoms with E-state index < -0.39 is 0 Å². The molecule has 2 aromatic heterocycles. The van der Waals surface area contributed by atoms with E-state index in [0.29, 0.717) is 22.6 Å². The maximum atomic E-state index is 11.9. The highest BCUT2D eigenvalue weighted by molar-refractivity contribution is 6.04. The molecule has 2 aromatic rings. The summed E-state index contributed by atoms with van der Waals surface area (Å²) in [4.78, 5) is 23.0. The van der Waals surface area contributed by atoms with Crippen LogP contribution in [0.1, 0.15) is 23.2 Å². The summed E-state index contributed by atoms with van der Waals surface area (Å²) < 4.78 is 0. The Labute approximate surface area is 92.3 Å². The van der Waals surface area contributed by atoms with Crippen molar-refractivity contribution in [2.75, 3.05) is 6.54 Å². The Morgan fingerprint density at radius 2 is 2.25 bits per heavy atom. The molecule has 3 rings (SSSR count). The molecule has 1 aliphatic carbocycles. The highest BCUT2D eigenvalue weighted by Gasteiger charge is 2.22. The second-order valence-corrected chi connectivity index (χ2v) is 4.11. The fourth-order valence-corrected chi connectivity index (χ4v) is 1.68. The van der Waals surface area contributed by atoms with Gasteiger partial charge < -0.3 is 10.3 Å². The lowest BCUT2D eigenvalue weighted by Gasteiger charge is -2.01. The molecular formula is C11H12N4O. The maximum absolute atomic E-state index is 11.9. The van der Waals surface area contributed by atoms with Gasteiger partial charge in [0.2, 0.25) is 0 Å². The van der Waals surface area contributed by atoms with Crippen molar-refractivity contribution in [3.05, 3.63) is 24.2 Å². The second-order valence-electron chi connectivity index (χ2n) is 4.11. The summed E-state index contributed by atoms with van der Waals surface area (Å²) in [6, 6.07) is 0. The molecule has 5 heteroatoms. The third kappa shape index (κ3) is 1.64. The number of nitrogens with one attached hydrogen (secondary N) is 2. The monoisotopic (exact) mass is 216 g/mol. The van der Waals surface area contributed by atoms with Gasteiger partial charge >= 0.3 is 0 Å². The first-order chi connectivity index (χ1) is 7.84. The van der Waals surface area contributed by atoms with Gasteiger partial charge in [0, 0.05) is 25.1 Å². The fraction of sp³-hybridized carbons (Fsp3) is 0.364. The number of rotatable bonds is 3. The fourth-order valence-electron chi connectivity index (χ4n) is 1.68. The van der Waals surface area contributed by atoms with E-state index in [1.54, 1.807) is 18.6 Å². The lowest BCUT2D eigenvalue weighted by molar-refractivity contribution is 0.0953. The molecule has 0 atom stereocenters. The minimum atomic E-state index is -0.0707. The van der Waals surface area contributed by atoms with Crippen LogP contribution in [0.5, 0.6) is 0 Å². The van der Waals surface area contributed by atoms with Crippen molar-refractivity contribution in [1.82, 2.24) is 20.3 Å². The number of amides is 1. The average Bonchev–Trinajstić information content (AvgIpc) is 3.04. The molecular weight excluding hydrogens is 204 g/mol. The Balaban J connectivity index is 1.83. The Morgan fingerprint density at radius 1 is 1.44 bits per heavy atom. The van der Waals surface area contributed by atoms with Gasteiger partial charge in [-0.15, -0.1) is 0 Å². The van der Waals surface area contributed by atoms with Crippen molar-refractivity contribution < 1.29 is 4.79 Å². The number of carbonyl (C=O) groups excluding carboxylic acids is 1. The van der Waals surface area contributed by atoms with Gasteiger partial charge in [-0.2, -0.15) is 0 Å². The van der Waals surface area contributed by atoms with Crippen LogP contribution in [0.25, 0.3) is 11.2 Å². The number of nitrogens with zero attached hydrogens (tertiary/aromatic N) is 2. The molecule has 2 heterocycles. The number of hydrogen-bond acceptors (Lipinski definition) is 3. The Morgan fingerprint density at radius 3 is 3.06 bits per heavy atom. The summed E-state index contributed by atoms with van der Waals surface area (Å²) in [6.45, 7) is 0.770. The molecule has 0 aromatic carbocycles. The smallest absolute Gasteiger partial charge is 0.255 e. The Bertz CT molecular complexity index is 530. The molecule has 82 valence electrons. The summed E-state index contributed by atoms with van der Waals surface area (Å²) in [5.41, 5.74) is 1.86. The van der Waals surface area contributed by atoms with Crippen LogP contribution in [0.4, 0.5) is 0 Å². The molecule has 0 bridgehead atoms. The maximum Gasteiger partial charge on any atom is 0.255 e. The van der Waals surface area contributed by atoms with Gasteiger partial charge in [-0.3, -0.25) is 9.78 Å². The van der Waals surface area contributed by atoms with E-state index in [4.69, 9.17) is 0 Å². The van der Waals surface area contributed by atoms with Crippen LogP contribution in [0.15, 0.2) is 18.6 Å². The first-order valence-corrected chi connectivity index (χ1v) is 5.41. The van der Waals surface area contributed by atoms with Gasteiger partial charge in [0.05, 0.1) is 5.56 Å². The molecule has 1 amide bonds. The van der Waals surface area contributed by atoms with E-state index in [1.807, 2.05) is 0 Å². The van der Waals surface area contributed by atoms with Crippen molar-refractivity contribution >= 4 is 17.1 Å². The standard InChI is InChI=1S/C11H12N4O/c16-11(15-5-7-1-2-7)8-6-14-10-9(8)12-3-4-13-10/h3-4,6-7H,1-2,5H2,(H,13,14)(H,15,16). The predicted molar refractivity (Wildman–Crippen MR) is 58.9 cm³/mol. The van der Waals surface area contributed by atoms with Crippen LogP contribution in [-0.4, -0.2) is 27.4 Å². The van der Waals surface area contributed by atoms with Crippen LogP contribution < -0.4 is 5.32 Å². The van der Waals surface area contributed by atoms with Crippen LogP contribution in [0.2, 0.25) is 0 Å². The zero-order chi connectivity index (χ0) is 11.0. The van der Waals surface area contributed by atoms with E-state index in [2.05, 4.69) is 20.3 Å². The molecule has 0 saturated heterocycles. The molecule has 0 radical (unpaired) electrons. The third-order valence-electron chi connectivity index (χ3n) is 2.80. The van der Waals surface area contributed by atoms with E-state index in [9.17, 15) is 4.79 Å². The largest absolute Gasteiger partial charge is 0.352 e. The zero-order valence-electron chi connectivity index (χ0n) is 8.73. The first kappa shape index (κ1) is 9.33. The molecule has 0 spiro atoms. The molecule has 5 nitrogen and oxygen atoms in total. The van der Waals surface area contributed by atoms with Crippen molar-refractivity contribution in [1.29, 1.82) is 0 Å². The van der Waals surface area contributed by atoms with Crippen LogP contribution in [0, 0.1) is 5.92 Å². The van der Waals surface area contributed by atoms with Crippen molar-refractivity contribution in [3.63, 3.8) is 0 Å². The highest BCUT2D eigenvalue weighted by atomic mass is 16.1. The SMILES string of the molecule is O=C(NCC1CC1)c1c[nH]c2nccnc12. The topological polar surface area (TPSA) is 70.7 Å². The second kappa shape index (κ2) is 3.59. The summed E-state index contributed by atoms with van der Waals surface area (Å²) >= 11 is 0. The van der Waals surface area contributed by atoms with Crippen LogP contribution >= 0.6 is 0 Å². The first-order valence-electron chi connectivity index (χ1n) is 5.41. The van der Waals surface area contributed by atoms with Gasteiger partial charge in [0.1, 0.15) is 5.52 Å². The number of aromatic nitrogens is 3. The minimum absolute atomic E-state index is 0.0707. The number of hydrogen-bond donors (Lipinski definition) is 2. The van der Waals surface area contributed by atoms with E-state index in [-0.39, 0.29) is 5.91 Å². The normalized spacial score (nSPS) is 15.2. The van der Waals surface area contributed by atoms with Crippen molar-refractivity contribution in [2.24, 2.45) is 5.92 Å². The number of H-pyrrole nitrogens is 1. The molecule has 16 heavy (non-hydrogen) atoms. The lowest BCUT2D eigenvalue weighted by Crippen LogP contribution is -2.25. The lowest BCUT2D eigenvalue weighted by atomic mass is 10.3. The number of carbonyl (C=O) groups is 1. The minimum Gasteiger partial charge on any atom is -0.352 e. The predicted octanol–water partition coefficient (Wildman–Crippen LogP) is 1.10. The molecule has 2 N–H and O–H groups in total. The molecule has 1 fully saturated rings.